The number of carbonyl (C=O) groups is 1. The second-order valence-corrected chi connectivity index (χ2v) is 12.9. The first-order valence-corrected chi connectivity index (χ1v) is 15.8. The normalized spacial score (nSPS) is 23.8. The lowest BCUT2D eigenvalue weighted by molar-refractivity contribution is -0.143. The summed E-state index contributed by atoms with van der Waals surface area (Å²) < 4.78 is 34.6. The molecule has 3 rings (SSSR count). The van der Waals surface area contributed by atoms with Crippen LogP contribution in [-0.4, -0.2) is 27.5 Å². The van der Waals surface area contributed by atoms with Crippen molar-refractivity contribution in [2.45, 2.75) is 88.9 Å². The van der Waals surface area contributed by atoms with Gasteiger partial charge in [0.25, 0.3) is 0 Å². The summed E-state index contributed by atoms with van der Waals surface area (Å²) >= 11 is 3.35. The van der Waals surface area contributed by atoms with E-state index in [1.54, 1.807) is 24.3 Å². The van der Waals surface area contributed by atoms with E-state index in [0.29, 0.717) is 48.1 Å². The van der Waals surface area contributed by atoms with Crippen molar-refractivity contribution in [2.24, 2.45) is 23.7 Å². The third-order valence-corrected chi connectivity index (χ3v) is 9.63. The Morgan fingerprint density at radius 1 is 1.06 bits per heavy atom. The highest BCUT2D eigenvalue weighted by Crippen LogP contribution is 2.52. The molecule has 2 saturated carbocycles. The van der Waals surface area contributed by atoms with Gasteiger partial charge in [0.2, 0.25) is 10.0 Å². The average molecular weight is 569 g/mol. The van der Waals surface area contributed by atoms with Crippen LogP contribution in [0.3, 0.4) is 0 Å². The van der Waals surface area contributed by atoms with E-state index in [1.165, 1.54) is 44.9 Å². The zero-order valence-corrected chi connectivity index (χ0v) is 23.5. The van der Waals surface area contributed by atoms with Gasteiger partial charge in [-0.3, -0.25) is 4.79 Å². The number of unbranched alkanes of at least 4 members (excludes halogenated alkanes) is 6. The average Bonchev–Trinajstić information content (AvgIpc) is 3.44. The molecule has 5 nitrogen and oxygen atoms in total. The maximum absolute atomic E-state index is 12.7. The summed E-state index contributed by atoms with van der Waals surface area (Å²) in [6.07, 6.45) is 17.4. The molecule has 4 atom stereocenters. The van der Waals surface area contributed by atoms with Crippen LogP contribution in [0.2, 0.25) is 0 Å². The fourth-order valence-electron chi connectivity index (χ4n) is 5.72. The molecule has 0 radical (unpaired) electrons. The number of nitrogens with one attached hydrogen (secondary N) is 1. The van der Waals surface area contributed by atoms with Crippen molar-refractivity contribution in [1.29, 1.82) is 0 Å². The zero-order chi connectivity index (χ0) is 25.1. The molecule has 1 aromatic carbocycles. The molecule has 35 heavy (non-hydrogen) atoms. The molecule has 2 bridgehead atoms. The summed E-state index contributed by atoms with van der Waals surface area (Å²) in [6.45, 7) is 3.24. The molecule has 0 spiro atoms. The molecule has 0 heterocycles. The number of carbonyl (C=O) groups excluding carboxylic acids is 1. The first-order valence-electron chi connectivity index (χ1n) is 13.5. The number of hydrogen-bond donors (Lipinski definition) is 1. The van der Waals surface area contributed by atoms with Gasteiger partial charge >= 0.3 is 5.97 Å². The molecule has 2 fully saturated rings. The molecular weight excluding hydrogens is 526 g/mol. The Morgan fingerprint density at radius 2 is 1.77 bits per heavy atom. The molecule has 0 saturated heterocycles. The van der Waals surface area contributed by atoms with Crippen LogP contribution in [0, 0.1) is 23.7 Å². The van der Waals surface area contributed by atoms with Crippen molar-refractivity contribution in [3.8, 4) is 0 Å². The number of benzene rings is 1. The van der Waals surface area contributed by atoms with Crippen molar-refractivity contribution < 1.29 is 17.9 Å². The fraction of sp³-hybridized carbons (Fsp3) is 0.679. The van der Waals surface area contributed by atoms with Crippen molar-refractivity contribution in [3.63, 3.8) is 0 Å². The second kappa shape index (κ2) is 14.5. The first-order chi connectivity index (χ1) is 16.9. The van der Waals surface area contributed by atoms with Crippen molar-refractivity contribution in [1.82, 2.24) is 4.72 Å². The van der Waals surface area contributed by atoms with Gasteiger partial charge in [-0.2, -0.15) is 0 Å². The summed E-state index contributed by atoms with van der Waals surface area (Å²) in [5.74, 6) is 1.92. The van der Waals surface area contributed by atoms with Gasteiger partial charge in [-0.15, -0.1) is 0 Å². The summed E-state index contributed by atoms with van der Waals surface area (Å²) in [7, 11) is -3.51. The molecule has 2 aliphatic carbocycles. The minimum Gasteiger partial charge on any atom is -0.466 e. The van der Waals surface area contributed by atoms with E-state index >= 15 is 0 Å². The third-order valence-electron chi connectivity index (χ3n) is 7.66. The van der Waals surface area contributed by atoms with Crippen LogP contribution in [0.15, 0.2) is 45.8 Å². The van der Waals surface area contributed by atoms with Gasteiger partial charge in [-0.25, -0.2) is 13.1 Å². The minimum absolute atomic E-state index is 0.0906. The Bertz CT molecular complexity index is 915. The standard InChI is InChI=1S/C28H42BrNO4S/c1-2-3-4-5-6-10-19-34-28(31)12-9-7-8-11-26-22-13-14-23(20-22)27(26)21-30-35(32,33)25-17-15-24(29)16-18-25/h8,11,15-18,22-23,26-27,30H,2-7,9-10,12-14,19-21H2,1H3/b11-8-. The van der Waals surface area contributed by atoms with Gasteiger partial charge in [0.1, 0.15) is 0 Å². The van der Waals surface area contributed by atoms with E-state index in [1.807, 2.05) is 0 Å². The van der Waals surface area contributed by atoms with Crippen LogP contribution < -0.4 is 4.72 Å². The lowest BCUT2D eigenvalue weighted by Gasteiger charge is -2.29. The van der Waals surface area contributed by atoms with E-state index < -0.39 is 10.0 Å². The summed E-state index contributed by atoms with van der Waals surface area (Å²) in [6, 6.07) is 6.76. The smallest absolute Gasteiger partial charge is 0.305 e. The van der Waals surface area contributed by atoms with Gasteiger partial charge in [0, 0.05) is 17.4 Å². The Hall–Kier alpha value is -1.18. The van der Waals surface area contributed by atoms with Gasteiger partial charge in [-0.05, 0) is 86.5 Å². The number of halogens is 1. The summed E-state index contributed by atoms with van der Waals surface area (Å²) in [5, 5.41) is 0. The third kappa shape index (κ3) is 9.01. The largest absolute Gasteiger partial charge is 0.466 e. The monoisotopic (exact) mass is 567 g/mol. The molecule has 2 aliphatic rings. The van der Waals surface area contributed by atoms with Gasteiger partial charge < -0.3 is 4.74 Å². The van der Waals surface area contributed by atoms with E-state index in [-0.39, 0.29) is 5.97 Å². The van der Waals surface area contributed by atoms with Crippen LogP contribution in [0.25, 0.3) is 0 Å². The topological polar surface area (TPSA) is 72.5 Å². The van der Waals surface area contributed by atoms with Gasteiger partial charge in [-0.1, -0.05) is 67.1 Å². The molecule has 7 heteroatoms. The van der Waals surface area contributed by atoms with Crippen LogP contribution in [0.1, 0.15) is 84.0 Å². The number of esters is 1. The predicted molar refractivity (Wildman–Crippen MR) is 144 cm³/mol. The number of hydrogen-bond acceptors (Lipinski definition) is 4. The number of ether oxygens (including phenoxy) is 1. The fourth-order valence-corrected chi connectivity index (χ4v) is 7.06. The lowest BCUT2D eigenvalue weighted by Crippen LogP contribution is -2.35. The number of allylic oxidation sites excluding steroid dienone is 2. The van der Waals surface area contributed by atoms with Gasteiger partial charge in [0.15, 0.2) is 0 Å². The van der Waals surface area contributed by atoms with Crippen LogP contribution in [0.4, 0.5) is 0 Å². The van der Waals surface area contributed by atoms with Crippen molar-refractivity contribution >= 4 is 31.9 Å². The SMILES string of the molecule is CCCCCCCCOC(=O)CCC/C=C\C1C2CCC(C2)C1CNS(=O)(=O)c1ccc(Br)cc1. The molecule has 1 N–H and O–H groups in total. The maximum Gasteiger partial charge on any atom is 0.305 e. The maximum atomic E-state index is 12.7. The van der Waals surface area contributed by atoms with Crippen LogP contribution >= 0.6 is 15.9 Å². The number of fused-ring (bicyclic) bond motifs is 2. The lowest BCUT2D eigenvalue weighted by atomic mass is 9.79. The Balaban J connectivity index is 1.37. The van der Waals surface area contributed by atoms with Crippen molar-refractivity contribution in [3.05, 3.63) is 40.9 Å². The van der Waals surface area contributed by atoms with E-state index in [4.69, 9.17) is 4.74 Å². The molecule has 0 amide bonds. The number of rotatable bonds is 16. The summed E-state index contributed by atoms with van der Waals surface area (Å²) in [5.41, 5.74) is 0. The first kappa shape index (κ1) is 28.4. The molecule has 1 aromatic rings. The van der Waals surface area contributed by atoms with E-state index in [2.05, 4.69) is 39.7 Å². The van der Waals surface area contributed by atoms with Gasteiger partial charge in [0.05, 0.1) is 11.5 Å². The zero-order valence-electron chi connectivity index (χ0n) is 21.1. The Kier molecular flexibility index (Phi) is 11.8. The number of sulfonamides is 1. The second-order valence-electron chi connectivity index (χ2n) is 10.2. The van der Waals surface area contributed by atoms with Crippen molar-refractivity contribution in [2.75, 3.05) is 13.2 Å². The molecule has 4 unspecified atom stereocenters. The van der Waals surface area contributed by atoms with E-state index in [9.17, 15) is 13.2 Å². The van der Waals surface area contributed by atoms with Crippen LogP contribution in [0.5, 0.6) is 0 Å². The highest BCUT2D eigenvalue weighted by Gasteiger charge is 2.46. The summed E-state index contributed by atoms with van der Waals surface area (Å²) in [4.78, 5) is 12.3. The molecular formula is C28H42BrNO4S. The molecule has 0 aliphatic heterocycles. The Morgan fingerprint density at radius 3 is 2.54 bits per heavy atom. The predicted octanol–water partition coefficient (Wildman–Crippen LogP) is 7.02. The Labute approximate surface area is 220 Å². The quantitative estimate of drug-likeness (QED) is 0.132. The molecule has 0 aromatic heterocycles. The highest BCUT2D eigenvalue weighted by molar-refractivity contribution is 9.10. The molecule has 196 valence electrons. The highest BCUT2D eigenvalue weighted by atomic mass is 79.9. The minimum atomic E-state index is -3.51. The van der Waals surface area contributed by atoms with Crippen LogP contribution in [-0.2, 0) is 19.6 Å². The van der Waals surface area contributed by atoms with E-state index in [0.717, 1.165) is 30.2 Å².